The Labute approximate surface area is 237 Å². The molecule has 9 heteroatoms. The van der Waals surface area contributed by atoms with Gasteiger partial charge in [0.05, 0.1) is 28.9 Å². The van der Waals surface area contributed by atoms with Gasteiger partial charge in [0.15, 0.2) is 0 Å². The maximum Gasteiger partial charge on any atom is 0.303 e. The van der Waals surface area contributed by atoms with Crippen LogP contribution >= 0.6 is 0 Å². The second kappa shape index (κ2) is 10.8. The molecule has 3 aromatic rings. The SMILES string of the molecule is CC1=Cc2cc3[nH]c(cc4nc(cc5[nH]c(cc5C)c(C(C)O)c1n2)C(C)=C4CCC(=O)O)c(CCC(=O)O)c3C. The molecule has 1 unspecified atom stereocenters. The molecule has 1 atom stereocenters. The van der Waals surface area contributed by atoms with Crippen LogP contribution < -0.4 is 0 Å². The Kier molecular flexibility index (Phi) is 7.40. The average Bonchev–Trinajstić information content (AvgIpc) is 3.58. The largest absolute Gasteiger partial charge is 0.481 e. The maximum atomic E-state index is 11.5. The lowest BCUT2D eigenvalue weighted by Crippen LogP contribution is -1.98. The molecular weight excluding hydrogens is 520 g/mol. The second-order valence-electron chi connectivity index (χ2n) is 10.8. The molecule has 9 nitrogen and oxygen atoms in total. The summed E-state index contributed by atoms with van der Waals surface area (Å²) in [7, 11) is 0. The third-order valence-electron chi connectivity index (χ3n) is 7.87. The number of hydrogen-bond acceptors (Lipinski definition) is 5. The van der Waals surface area contributed by atoms with E-state index in [1.165, 1.54) is 0 Å². The molecule has 0 amide bonds. The summed E-state index contributed by atoms with van der Waals surface area (Å²) in [5, 5.41) is 29.7. The van der Waals surface area contributed by atoms with Crippen LogP contribution in [0.4, 0.5) is 0 Å². The molecule has 0 saturated heterocycles. The van der Waals surface area contributed by atoms with Crippen LogP contribution in [0, 0.1) is 13.8 Å². The number of rotatable bonds is 7. The zero-order valence-electron chi connectivity index (χ0n) is 23.8. The van der Waals surface area contributed by atoms with Crippen LogP contribution in [-0.2, 0) is 16.0 Å². The van der Waals surface area contributed by atoms with Gasteiger partial charge in [0, 0.05) is 40.5 Å². The molecule has 8 bridgehead atoms. The van der Waals surface area contributed by atoms with Crippen LogP contribution in [0.2, 0.25) is 0 Å². The van der Waals surface area contributed by atoms with E-state index in [1.807, 2.05) is 58.0 Å². The summed E-state index contributed by atoms with van der Waals surface area (Å²) in [6, 6.07) is 7.77. The van der Waals surface area contributed by atoms with E-state index in [1.54, 1.807) is 6.92 Å². The van der Waals surface area contributed by atoms with Gasteiger partial charge in [-0.15, -0.1) is 0 Å². The lowest BCUT2D eigenvalue weighted by Gasteiger charge is -2.08. The van der Waals surface area contributed by atoms with E-state index in [0.29, 0.717) is 41.2 Å². The summed E-state index contributed by atoms with van der Waals surface area (Å²) < 4.78 is 0. The van der Waals surface area contributed by atoms with Crippen LogP contribution in [0.1, 0.15) is 91.2 Å². The van der Waals surface area contributed by atoms with Gasteiger partial charge in [0.1, 0.15) is 0 Å². The number of aromatic amines is 2. The number of aliphatic hydroxyl groups excluding tert-OH is 1. The average molecular weight is 555 g/mol. The predicted molar refractivity (Wildman–Crippen MR) is 160 cm³/mol. The molecule has 0 radical (unpaired) electrons. The van der Waals surface area contributed by atoms with Gasteiger partial charge in [-0.05, 0) is 111 Å². The Morgan fingerprint density at radius 1 is 0.829 bits per heavy atom. The van der Waals surface area contributed by atoms with E-state index in [4.69, 9.17) is 9.97 Å². The zero-order valence-corrected chi connectivity index (χ0v) is 23.8. The number of aryl methyl sites for hydroxylation is 3. The quantitative estimate of drug-likeness (QED) is 0.228. The van der Waals surface area contributed by atoms with Crippen molar-refractivity contribution in [2.45, 2.75) is 66.4 Å². The monoisotopic (exact) mass is 554 g/mol. The number of carboxylic acids is 2. The minimum absolute atomic E-state index is 0.0316. The molecule has 3 aromatic heterocycles. The zero-order chi connectivity index (χ0) is 29.6. The van der Waals surface area contributed by atoms with Gasteiger partial charge in [0.25, 0.3) is 0 Å². The number of aromatic nitrogens is 4. The first-order valence-electron chi connectivity index (χ1n) is 13.7. The first kappa shape index (κ1) is 28.0. The van der Waals surface area contributed by atoms with Gasteiger partial charge in [-0.3, -0.25) is 9.59 Å². The highest BCUT2D eigenvalue weighted by molar-refractivity contribution is 5.94. The van der Waals surface area contributed by atoms with Crippen molar-refractivity contribution in [3.8, 4) is 0 Å². The number of aliphatic hydroxyl groups is 1. The molecule has 41 heavy (non-hydrogen) atoms. The van der Waals surface area contributed by atoms with Gasteiger partial charge in [-0.2, -0.15) is 0 Å². The van der Waals surface area contributed by atoms with Gasteiger partial charge in [-0.1, -0.05) is 0 Å². The van der Waals surface area contributed by atoms with E-state index in [2.05, 4.69) is 9.97 Å². The number of fused-ring (bicyclic) bond motifs is 8. The summed E-state index contributed by atoms with van der Waals surface area (Å²) in [4.78, 5) is 39.7. The van der Waals surface area contributed by atoms with E-state index in [-0.39, 0.29) is 12.8 Å². The van der Waals surface area contributed by atoms with Crippen molar-refractivity contribution in [3.63, 3.8) is 0 Å². The molecule has 0 saturated carbocycles. The number of allylic oxidation sites excluding steroid dienone is 3. The topological polar surface area (TPSA) is 152 Å². The third-order valence-corrected chi connectivity index (χ3v) is 7.87. The highest BCUT2D eigenvalue weighted by Crippen LogP contribution is 2.36. The lowest BCUT2D eigenvalue weighted by atomic mass is 10.0. The molecule has 0 aliphatic carbocycles. The summed E-state index contributed by atoms with van der Waals surface area (Å²) in [5.41, 5.74) is 12.0. The molecule has 5 heterocycles. The standard InChI is InChI=1S/C32H34N4O5/c1-15-11-28-31(19(5)37)32-16(2)10-20(33-32)12-24-17(3)21(6-8-29(38)39)26(35-24)14-27-22(7-9-30(40)41)18(4)25(36-27)13-23(15)34-28/h10-14,19,34-35,37H,6-9H2,1-5H3,(H,38,39)(H,40,41). The summed E-state index contributed by atoms with van der Waals surface area (Å²) >= 11 is 0. The number of carboxylic acid groups (broad SMARTS) is 2. The van der Waals surface area contributed by atoms with E-state index in [0.717, 1.165) is 55.5 Å². The van der Waals surface area contributed by atoms with Crippen LogP contribution in [-0.4, -0.2) is 47.2 Å². The number of carbonyl (C=O) groups is 2. The van der Waals surface area contributed by atoms with E-state index < -0.39 is 18.0 Å². The van der Waals surface area contributed by atoms with Gasteiger partial charge in [0.2, 0.25) is 0 Å². The van der Waals surface area contributed by atoms with Crippen molar-refractivity contribution >= 4 is 56.8 Å². The summed E-state index contributed by atoms with van der Waals surface area (Å²) in [6.45, 7) is 9.57. The normalized spacial score (nSPS) is 13.9. The molecule has 212 valence electrons. The first-order valence-corrected chi connectivity index (χ1v) is 13.7. The van der Waals surface area contributed by atoms with Crippen LogP contribution in [0.3, 0.4) is 0 Å². The molecule has 0 fully saturated rings. The molecule has 5 rings (SSSR count). The Bertz CT molecular complexity index is 1820. The second-order valence-corrected chi connectivity index (χ2v) is 10.8. The van der Waals surface area contributed by atoms with Crippen molar-refractivity contribution in [2.75, 3.05) is 0 Å². The fraction of sp³-hybridized carbons (Fsp3) is 0.312. The summed E-state index contributed by atoms with van der Waals surface area (Å²) in [6.07, 6.45) is 1.75. The van der Waals surface area contributed by atoms with E-state index >= 15 is 0 Å². The smallest absolute Gasteiger partial charge is 0.303 e. The molecular formula is C32H34N4O5. The van der Waals surface area contributed by atoms with E-state index in [9.17, 15) is 24.9 Å². The van der Waals surface area contributed by atoms with Crippen molar-refractivity contribution < 1.29 is 24.9 Å². The van der Waals surface area contributed by atoms with Crippen molar-refractivity contribution in [3.05, 3.63) is 69.3 Å². The fourth-order valence-corrected chi connectivity index (χ4v) is 5.66. The van der Waals surface area contributed by atoms with Crippen molar-refractivity contribution in [1.29, 1.82) is 0 Å². The highest BCUT2D eigenvalue weighted by atomic mass is 16.4. The van der Waals surface area contributed by atoms with Crippen molar-refractivity contribution in [1.82, 2.24) is 19.9 Å². The Morgan fingerprint density at radius 3 is 2.17 bits per heavy atom. The Hall–Kier alpha value is -4.50. The maximum absolute atomic E-state index is 11.5. The molecule has 2 aliphatic rings. The molecule has 0 aromatic carbocycles. The number of H-pyrrole nitrogens is 2. The number of hydrogen-bond donors (Lipinski definition) is 5. The highest BCUT2D eigenvalue weighted by Gasteiger charge is 2.21. The molecule has 2 aliphatic heterocycles. The minimum Gasteiger partial charge on any atom is -0.481 e. The van der Waals surface area contributed by atoms with Crippen LogP contribution in [0.25, 0.3) is 44.9 Å². The predicted octanol–water partition coefficient (Wildman–Crippen LogP) is 6.36. The van der Waals surface area contributed by atoms with Crippen LogP contribution in [0.15, 0.2) is 24.3 Å². The fourth-order valence-electron chi connectivity index (χ4n) is 5.66. The number of aliphatic carboxylic acids is 2. The number of nitrogens with one attached hydrogen (secondary N) is 2. The first-order chi connectivity index (χ1) is 19.4. The van der Waals surface area contributed by atoms with Gasteiger partial charge < -0.3 is 25.3 Å². The lowest BCUT2D eigenvalue weighted by molar-refractivity contribution is -0.137. The van der Waals surface area contributed by atoms with Crippen molar-refractivity contribution in [2.24, 2.45) is 0 Å². The third kappa shape index (κ3) is 5.45. The Morgan fingerprint density at radius 2 is 1.49 bits per heavy atom. The van der Waals surface area contributed by atoms with Crippen LogP contribution in [0.5, 0.6) is 0 Å². The number of nitrogens with zero attached hydrogens (tertiary/aromatic N) is 2. The van der Waals surface area contributed by atoms with Gasteiger partial charge >= 0.3 is 11.9 Å². The van der Waals surface area contributed by atoms with Gasteiger partial charge in [-0.25, -0.2) is 9.97 Å². The summed E-state index contributed by atoms with van der Waals surface area (Å²) in [5.74, 6) is -1.78. The Balaban J connectivity index is 1.92. The minimum atomic E-state index is -0.891. The molecule has 0 spiro atoms. The molecule has 5 N–H and O–H groups in total.